The Morgan fingerprint density at radius 1 is 0.957 bits per heavy atom. The average molecular weight is 321 g/mol. The van der Waals surface area contributed by atoms with Gasteiger partial charge < -0.3 is 10.6 Å². The fraction of sp³-hybridized carbons (Fsp3) is 0.889. The van der Waals surface area contributed by atoms with E-state index >= 15 is 0 Å². The third-order valence-electron chi connectivity index (χ3n) is 5.91. The van der Waals surface area contributed by atoms with Crippen molar-refractivity contribution in [3.63, 3.8) is 0 Å². The van der Waals surface area contributed by atoms with Gasteiger partial charge in [0.05, 0.1) is 0 Å². The van der Waals surface area contributed by atoms with Crippen LogP contribution < -0.4 is 10.6 Å². The summed E-state index contributed by atoms with van der Waals surface area (Å²) in [6.07, 6.45) is 10.2. The predicted octanol–water partition coefficient (Wildman–Crippen LogP) is 1.81. The maximum Gasteiger partial charge on any atom is 0.242 e. The Labute approximate surface area is 139 Å². The molecule has 0 aromatic carbocycles. The molecule has 0 spiro atoms. The molecule has 2 saturated heterocycles. The van der Waals surface area contributed by atoms with E-state index in [0.29, 0.717) is 6.04 Å². The van der Waals surface area contributed by atoms with E-state index in [1.165, 1.54) is 32.2 Å². The summed E-state index contributed by atoms with van der Waals surface area (Å²) in [6.45, 7) is 4.08. The first-order chi connectivity index (χ1) is 11.1. The molecular weight excluding hydrogens is 290 g/mol. The molecule has 23 heavy (non-hydrogen) atoms. The van der Waals surface area contributed by atoms with Crippen molar-refractivity contribution in [1.29, 1.82) is 0 Å². The Balaban J connectivity index is 1.46. The van der Waals surface area contributed by atoms with E-state index in [-0.39, 0.29) is 23.8 Å². The highest BCUT2D eigenvalue weighted by Crippen LogP contribution is 2.27. The molecule has 3 aliphatic rings. The van der Waals surface area contributed by atoms with Crippen LogP contribution in [-0.4, -0.2) is 47.9 Å². The molecule has 3 atom stereocenters. The lowest BCUT2D eigenvalue weighted by molar-refractivity contribution is -0.131. The molecule has 5 nitrogen and oxygen atoms in total. The molecule has 2 aliphatic heterocycles. The van der Waals surface area contributed by atoms with Crippen molar-refractivity contribution in [1.82, 2.24) is 15.5 Å². The zero-order chi connectivity index (χ0) is 16.2. The highest BCUT2D eigenvalue weighted by atomic mass is 16.2. The van der Waals surface area contributed by atoms with Crippen molar-refractivity contribution in [2.24, 2.45) is 5.92 Å². The fourth-order valence-electron chi connectivity index (χ4n) is 4.49. The molecule has 1 aliphatic carbocycles. The van der Waals surface area contributed by atoms with Gasteiger partial charge in [0.25, 0.3) is 0 Å². The normalized spacial score (nSPS) is 30.5. The molecule has 3 fully saturated rings. The lowest BCUT2D eigenvalue weighted by Gasteiger charge is -2.33. The van der Waals surface area contributed by atoms with Gasteiger partial charge in [-0.1, -0.05) is 25.7 Å². The van der Waals surface area contributed by atoms with Gasteiger partial charge in [0.2, 0.25) is 11.8 Å². The monoisotopic (exact) mass is 321 g/mol. The number of hydrogen-bond donors (Lipinski definition) is 2. The topological polar surface area (TPSA) is 61.4 Å². The summed E-state index contributed by atoms with van der Waals surface area (Å²) in [7, 11) is 0. The molecular formula is C18H31N3O2. The Morgan fingerprint density at radius 2 is 1.70 bits per heavy atom. The number of carbonyl (C=O) groups excluding carboxylic acids is 2. The molecule has 130 valence electrons. The van der Waals surface area contributed by atoms with Crippen molar-refractivity contribution in [2.75, 3.05) is 13.1 Å². The van der Waals surface area contributed by atoms with E-state index in [2.05, 4.69) is 15.5 Å². The van der Waals surface area contributed by atoms with Crippen molar-refractivity contribution in [2.45, 2.75) is 82.8 Å². The Hall–Kier alpha value is -1.10. The van der Waals surface area contributed by atoms with Gasteiger partial charge in [-0.15, -0.1) is 0 Å². The summed E-state index contributed by atoms with van der Waals surface area (Å²) in [4.78, 5) is 27.2. The minimum absolute atomic E-state index is 0.0217. The van der Waals surface area contributed by atoms with Crippen LogP contribution in [0.2, 0.25) is 0 Å². The fourth-order valence-corrected chi connectivity index (χ4v) is 4.49. The minimum Gasteiger partial charge on any atom is -0.350 e. The smallest absolute Gasteiger partial charge is 0.242 e. The maximum absolute atomic E-state index is 12.4. The molecule has 2 heterocycles. The van der Waals surface area contributed by atoms with E-state index in [9.17, 15) is 9.59 Å². The molecule has 2 amide bonds. The third kappa shape index (κ3) is 4.06. The van der Waals surface area contributed by atoms with Gasteiger partial charge in [0, 0.05) is 24.5 Å². The quantitative estimate of drug-likeness (QED) is 0.830. The number of rotatable bonds is 4. The number of nitrogens with one attached hydrogen (secondary N) is 2. The molecule has 3 unspecified atom stereocenters. The number of amides is 2. The Morgan fingerprint density at radius 3 is 2.48 bits per heavy atom. The van der Waals surface area contributed by atoms with Crippen molar-refractivity contribution in [3.05, 3.63) is 0 Å². The van der Waals surface area contributed by atoms with Gasteiger partial charge in [0.1, 0.15) is 6.04 Å². The highest BCUT2D eigenvalue weighted by molar-refractivity contribution is 5.88. The van der Waals surface area contributed by atoms with Crippen LogP contribution in [-0.2, 0) is 9.59 Å². The first kappa shape index (κ1) is 16.7. The van der Waals surface area contributed by atoms with Crippen LogP contribution in [0.1, 0.15) is 64.7 Å². The van der Waals surface area contributed by atoms with Crippen molar-refractivity contribution >= 4 is 11.8 Å². The molecule has 1 saturated carbocycles. The molecule has 2 N–H and O–H groups in total. The standard InChI is InChI=1S/C18H31N3O2/c1-13(19-18(23)14-7-3-2-4-8-14)17(22)20-15-10-12-21-11-6-5-9-16(15)21/h13-16H,2-12H2,1H3,(H,19,23)(H,20,22). The van der Waals surface area contributed by atoms with Crippen LogP contribution >= 0.6 is 0 Å². The second-order valence-corrected chi connectivity index (χ2v) is 7.57. The van der Waals surface area contributed by atoms with Crippen LogP contribution in [0.4, 0.5) is 0 Å². The van der Waals surface area contributed by atoms with Crippen molar-refractivity contribution < 1.29 is 9.59 Å². The second-order valence-electron chi connectivity index (χ2n) is 7.57. The summed E-state index contributed by atoms with van der Waals surface area (Å²) in [5.41, 5.74) is 0. The first-order valence-corrected chi connectivity index (χ1v) is 9.50. The lowest BCUT2D eigenvalue weighted by atomic mass is 9.88. The van der Waals surface area contributed by atoms with Crippen molar-refractivity contribution in [3.8, 4) is 0 Å². The second kappa shape index (κ2) is 7.65. The number of hydrogen-bond acceptors (Lipinski definition) is 3. The number of nitrogens with zero attached hydrogens (tertiary/aromatic N) is 1. The van der Waals surface area contributed by atoms with E-state index in [1.54, 1.807) is 0 Å². The molecule has 0 aromatic rings. The molecule has 0 aromatic heterocycles. The summed E-state index contributed by atoms with van der Waals surface area (Å²) in [5.74, 6) is 0.156. The molecule has 0 radical (unpaired) electrons. The van der Waals surface area contributed by atoms with Crippen LogP contribution in [0.15, 0.2) is 0 Å². The van der Waals surface area contributed by atoms with Gasteiger partial charge in [-0.2, -0.15) is 0 Å². The Bertz CT molecular complexity index is 434. The highest BCUT2D eigenvalue weighted by Gasteiger charge is 2.37. The van der Waals surface area contributed by atoms with E-state index in [1.807, 2.05) is 6.92 Å². The van der Waals surface area contributed by atoms with Crippen LogP contribution in [0, 0.1) is 5.92 Å². The SMILES string of the molecule is CC(NC(=O)C1CCCCC1)C(=O)NC1CCN2CCCCC12. The molecule has 5 heteroatoms. The van der Waals surface area contributed by atoms with Gasteiger partial charge in [-0.05, 0) is 45.6 Å². The van der Waals surface area contributed by atoms with Gasteiger partial charge in [-0.25, -0.2) is 0 Å². The largest absolute Gasteiger partial charge is 0.350 e. The zero-order valence-corrected chi connectivity index (χ0v) is 14.4. The number of carbonyl (C=O) groups is 2. The summed E-state index contributed by atoms with van der Waals surface area (Å²) in [6, 6.07) is 0.341. The van der Waals surface area contributed by atoms with E-state index in [0.717, 1.165) is 38.6 Å². The zero-order valence-electron chi connectivity index (χ0n) is 14.4. The summed E-state index contributed by atoms with van der Waals surface area (Å²) >= 11 is 0. The lowest BCUT2D eigenvalue weighted by Crippen LogP contribution is -2.53. The maximum atomic E-state index is 12.4. The first-order valence-electron chi connectivity index (χ1n) is 9.50. The van der Waals surface area contributed by atoms with Gasteiger partial charge in [0.15, 0.2) is 0 Å². The van der Waals surface area contributed by atoms with Crippen LogP contribution in [0.3, 0.4) is 0 Å². The Kier molecular flexibility index (Phi) is 5.57. The third-order valence-corrected chi connectivity index (χ3v) is 5.91. The van der Waals surface area contributed by atoms with Crippen LogP contribution in [0.25, 0.3) is 0 Å². The average Bonchev–Trinajstić information content (AvgIpc) is 2.98. The summed E-state index contributed by atoms with van der Waals surface area (Å²) < 4.78 is 0. The van der Waals surface area contributed by atoms with Gasteiger partial charge in [-0.3, -0.25) is 14.5 Å². The van der Waals surface area contributed by atoms with Gasteiger partial charge >= 0.3 is 0 Å². The number of piperidine rings is 1. The predicted molar refractivity (Wildman–Crippen MR) is 89.9 cm³/mol. The van der Waals surface area contributed by atoms with E-state index < -0.39 is 6.04 Å². The molecule has 0 bridgehead atoms. The number of fused-ring (bicyclic) bond motifs is 1. The summed E-state index contributed by atoms with van der Waals surface area (Å²) in [5, 5.41) is 6.12. The van der Waals surface area contributed by atoms with Crippen LogP contribution in [0.5, 0.6) is 0 Å². The van der Waals surface area contributed by atoms with E-state index in [4.69, 9.17) is 0 Å². The molecule has 3 rings (SSSR count). The minimum atomic E-state index is -0.429.